The van der Waals surface area contributed by atoms with Gasteiger partial charge in [0.25, 0.3) is 0 Å². The zero-order chi connectivity index (χ0) is 18.4. The number of benzene rings is 4. The van der Waals surface area contributed by atoms with Gasteiger partial charge in [0.15, 0.2) is 0 Å². The minimum atomic E-state index is 1.19. The Hall–Kier alpha value is -3.32. The Kier molecular flexibility index (Phi) is 3.61. The molecule has 5 rings (SSSR count). The summed E-state index contributed by atoms with van der Waals surface area (Å²) in [5, 5.41) is 2.56. The van der Waals surface area contributed by atoms with Gasteiger partial charge in [-0.3, -0.25) is 0 Å². The van der Waals surface area contributed by atoms with Crippen molar-refractivity contribution in [3.63, 3.8) is 0 Å². The molecule has 5 aromatic rings. The molecule has 0 radical (unpaired) electrons. The Balaban J connectivity index is 1.79. The number of aromatic amines is 1. The van der Waals surface area contributed by atoms with Crippen LogP contribution in [-0.2, 0) is 0 Å². The predicted molar refractivity (Wildman–Crippen MR) is 116 cm³/mol. The minimum absolute atomic E-state index is 1.19. The smallest absolute Gasteiger partial charge is 0.0544 e. The maximum atomic E-state index is 3.64. The molecule has 0 saturated carbocycles. The Labute approximate surface area is 159 Å². The fraction of sp³-hybridized carbons (Fsp3) is 0.0769. The van der Waals surface area contributed by atoms with E-state index in [9.17, 15) is 0 Å². The fourth-order valence-electron chi connectivity index (χ4n) is 4.19. The molecule has 0 spiro atoms. The highest BCUT2D eigenvalue weighted by atomic mass is 14.7. The van der Waals surface area contributed by atoms with Gasteiger partial charge < -0.3 is 4.98 Å². The largest absolute Gasteiger partial charge is 0.354 e. The molecule has 0 fully saturated rings. The van der Waals surface area contributed by atoms with Gasteiger partial charge in [-0.05, 0) is 47.7 Å². The lowest BCUT2D eigenvalue weighted by molar-refractivity contribution is 1.40. The highest BCUT2D eigenvalue weighted by molar-refractivity contribution is 6.12. The van der Waals surface area contributed by atoms with E-state index in [4.69, 9.17) is 0 Å². The SMILES string of the molecule is Cc1ccccc1-c1cccc(-c2cccc3c2[nH]c2ccccc23)c1C. The molecule has 1 aromatic heterocycles. The molecule has 0 amide bonds. The molecular formula is C26H21N. The second-order valence-corrected chi connectivity index (χ2v) is 7.19. The average molecular weight is 347 g/mol. The first-order chi connectivity index (χ1) is 13.2. The molecule has 0 aliphatic carbocycles. The molecule has 0 saturated heterocycles. The third-order valence-corrected chi connectivity index (χ3v) is 5.60. The number of nitrogens with one attached hydrogen (secondary N) is 1. The summed E-state index contributed by atoms with van der Waals surface area (Å²) in [5.74, 6) is 0. The van der Waals surface area contributed by atoms with E-state index in [0.717, 1.165) is 0 Å². The number of para-hydroxylation sites is 2. The van der Waals surface area contributed by atoms with E-state index in [0.29, 0.717) is 0 Å². The lowest BCUT2D eigenvalue weighted by Crippen LogP contribution is -1.91. The van der Waals surface area contributed by atoms with Crippen molar-refractivity contribution in [3.8, 4) is 22.3 Å². The normalized spacial score (nSPS) is 11.3. The van der Waals surface area contributed by atoms with Crippen molar-refractivity contribution in [2.24, 2.45) is 0 Å². The molecular weight excluding hydrogens is 326 g/mol. The van der Waals surface area contributed by atoms with Crippen LogP contribution in [0.2, 0.25) is 0 Å². The summed E-state index contributed by atoms with van der Waals surface area (Å²) < 4.78 is 0. The van der Waals surface area contributed by atoms with Crippen molar-refractivity contribution in [2.75, 3.05) is 0 Å². The van der Waals surface area contributed by atoms with Gasteiger partial charge >= 0.3 is 0 Å². The highest BCUT2D eigenvalue weighted by Crippen LogP contribution is 2.37. The van der Waals surface area contributed by atoms with E-state index in [1.165, 1.54) is 55.2 Å². The van der Waals surface area contributed by atoms with Crippen molar-refractivity contribution in [1.82, 2.24) is 4.98 Å². The first kappa shape index (κ1) is 15.9. The lowest BCUT2D eigenvalue weighted by Gasteiger charge is -2.14. The highest BCUT2D eigenvalue weighted by Gasteiger charge is 2.13. The maximum absolute atomic E-state index is 3.64. The Morgan fingerprint density at radius 3 is 1.96 bits per heavy atom. The van der Waals surface area contributed by atoms with Gasteiger partial charge in [0.05, 0.1) is 5.52 Å². The summed E-state index contributed by atoms with van der Waals surface area (Å²) >= 11 is 0. The fourth-order valence-corrected chi connectivity index (χ4v) is 4.19. The minimum Gasteiger partial charge on any atom is -0.354 e. The molecule has 1 heterocycles. The van der Waals surface area contributed by atoms with Crippen molar-refractivity contribution in [3.05, 3.63) is 96.1 Å². The molecule has 0 aliphatic rings. The number of aryl methyl sites for hydroxylation is 1. The van der Waals surface area contributed by atoms with Gasteiger partial charge in [-0.1, -0.05) is 78.9 Å². The van der Waals surface area contributed by atoms with Gasteiger partial charge in [0.2, 0.25) is 0 Å². The van der Waals surface area contributed by atoms with E-state index in [-0.39, 0.29) is 0 Å². The summed E-state index contributed by atoms with van der Waals surface area (Å²) in [5.41, 5.74) is 10.2. The van der Waals surface area contributed by atoms with E-state index in [1.807, 2.05) is 0 Å². The third-order valence-electron chi connectivity index (χ3n) is 5.60. The summed E-state index contributed by atoms with van der Waals surface area (Å²) in [7, 11) is 0. The van der Waals surface area contributed by atoms with Crippen LogP contribution in [0.4, 0.5) is 0 Å². The van der Waals surface area contributed by atoms with E-state index in [1.54, 1.807) is 0 Å². The molecule has 0 aliphatic heterocycles. The summed E-state index contributed by atoms with van der Waals surface area (Å²) in [6, 6.07) is 30.4. The molecule has 1 nitrogen and oxygen atoms in total. The number of fused-ring (bicyclic) bond motifs is 3. The average Bonchev–Trinajstić information content (AvgIpc) is 3.08. The van der Waals surface area contributed by atoms with Gasteiger partial charge in [-0.2, -0.15) is 0 Å². The van der Waals surface area contributed by atoms with Crippen LogP contribution in [0.5, 0.6) is 0 Å². The quantitative estimate of drug-likeness (QED) is 0.345. The number of hydrogen-bond acceptors (Lipinski definition) is 0. The second kappa shape index (κ2) is 6.14. The lowest BCUT2D eigenvalue weighted by atomic mass is 9.90. The number of aromatic nitrogens is 1. The van der Waals surface area contributed by atoms with E-state index >= 15 is 0 Å². The zero-order valence-electron chi connectivity index (χ0n) is 15.6. The molecule has 1 N–H and O–H groups in total. The van der Waals surface area contributed by atoms with Crippen molar-refractivity contribution >= 4 is 21.8 Å². The molecule has 0 bridgehead atoms. The Bertz CT molecular complexity index is 1290. The molecule has 130 valence electrons. The number of H-pyrrole nitrogens is 1. The van der Waals surface area contributed by atoms with Crippen LogP contribution in [0.1, 0.15) is 11.1 Å². The molecule has 27 heavy (non-hydrogen) atoms. The standard InChI is InChI=1S/C26H21N/c1-17-9-3-4-10-19(17)20-12-7-13-21(18(20)2)23-14-8-15-24-22-11-5-6-16-25(22)27-26(23)24/h3-16,27H,1-2H3. The number of rotatable bonds is 2. The predicted octanol–water partition coefficient (Wildman–Crippen LogP) is 7.27. The molecule has 4 aromatic carbocycles. The third kappa shape index (κ3) is 2.47. The van der Waals surface area contributed by atoms with Crippen LogP contribution >= 0.6 is 0 Å². The topological polar surface area (TPSA) is 15.8 Å². The molecule has 1 heteroatoms. The van der Waals surface area contributed by atoms with Crippen LogP contribution in [-0.4, -0.2) is 4.98 Å². The summed E-state index contributed by atoms with van der Waals surface area (Å²) in [6.45, 7) is 4.42. The van der Waals surface area contributed by atoms with Crippen LogP contribution in [0.3, 0.4) is 0 Å². The van der Waals surface area contributed by atoms with Crippen molar-refractivity contribution in [1.29, 1.82) is 0 Å². The van der Waals surface area contributed by atoms with Gasteiger partial charge in [-0.15, -0.1) is 0 Å². The van der Waals surface area contributed by atoms with Crippen molar-refractivity contribution < 1.29 is 0 Å². The second-order valence-electron chi connectivity index (χ2n) is 7.19. The zero-order valence-corrected chi connectivity index (χ0v) is 15.6. The van der Waals surface area contributed by atoms with Crippen LogP contribution in [0.15, 0.2) is 84.9 Å². The van der Waals surface area contributed by atoms with Crippen molar-refractivity contribution in [2.45, 2.75) is 13.8 Å². The number of hydrogen-bond donors (Lipinski definition) is 1. The Morgan fingerprint density at radius 2 is 1.11 bits per heavy atom. The van der Waals surface area contributed by atoms with Gasteiger partial charge in [0.1, 0.15) is 0 Å². The summed E-state index contributed by atoms with van der Waals surface area (Å²) in [4.78, 5) is 3.64. The van der Waals surface area contributed by atoms with E-state index < -0.39 is 0 Å². The van der Waals surface area contributed by atoms with Gasteiger partial charge in [0, 0.05) is 21.9 Å². The Morgan fingerprint density at radius 1 is 0.519 bits per heavy atom. The molecule has 0 atom stereocenters. The maximum Gasteiger partial charge on any atom is 0.0544 e. The monoisotopic (exact) mass is 347 g/mol. The van der Waals surface area contributed by atoms with Crippen LogP contribution < -0.4 is 0 Å². The molecule has 0 unspecified atom stereocenters. The van der Waals surface area contributed by atoms with E-state index in [2.05, 4.69) is 104 Å². The van der Waals surface area contributed by atoms with Crippen LogP contribution in [0, 0.1) is 13.8 Å². The van der Waals surface area contributed by atoms with Gasteiger partial charge in [-0.25, -0.2) is 0 Å². The summed E-state index contributed by atoms with van der Waals surface area (Å²) in [6.07, 6.45) is 0. The first-order valence-electron chi connectivity index (χ1n) is 9.39. The van der Waals surface area contributed by atoms with Crippen LogP contribution in [0.25, 0.3) is 44.1 Å². The first-order valence-corrected chi connectivity index (χ1v) is 9.39.